The van der Waals surface area contributed by atoms with E-state index < -0.39 is 7.12 Å². The summed E-state index contributed by atoms with van der Waals surface area (Å²) in [5, 5.41) is 16.4. The van der Waals surface area contributed by atoms with Gasteiger partial charge in [-0.3, -0.25) is 4.79 Å². The summed E-state index contributed by atoms with van der Waals surface area (Å²) in [7, 11) is -1.17. The van der Waals surface area contributed by atoms with Crippen LogP contribution in [0, 0.1) is 6.92 Å². The molecular formula is C13H17BBrNO3. The summed E-state index contributed by atoms with van der Waals surface area (Å²) in [4.78, 5) is 11.2. The Morgan fingerprint density at radius 2 is 1.89 bits per heavy atom. The van der Waals surface area contributed by atoms with Crippen LogP contribution in [-0.4, -0.2) is 27.5 Å². The van der Waals surface area contributed by atoms with E-state index in [1.54, 1.807) is 6.92 Å². The first kappa shape index (κ1) is 16.0. The molecule has 102 valence electrons. The minimum atomic E-state index is -1.17. The molecule has 0 fully saturated rings. The van der Waals surface area contributed by atoms with Crippen LogP contribution in [0.15, 0.2) is 28.9 Å². The van der Waals surface area contributed by atoms with Crippen LogP contribution >= 0.6 is 15.9 Å². The first-order valence-corrected chi connectivity index (χ1v) is 6.72. The van der Waals surface area contributed by atoms with Crippen LogP contribution in [0.2, 0.25) is 6.82 Å². The number of benzene rings is 1. The molecule has 2 aromatic rings. The molecule has 0 spiro atoms. The number of carbonyl (C=O) groups is 1. The number of hydrogen-bond donors (Lipinski definition) is 2. The maximum Gasteiger partial charge on any atom is 0.448 e. The van der Waals surface area contributed by atoms with Crippen molar-refractivity contribution in [2.75, 3.05) is 0 Å². The lowest BCUT2D eigenvalue weighted by atomic mass is 9.99. The second-order valence-corrected chi connectivity index (χ2v) is 5.10. The smallest absolute Gasteiger partial charge is 0.427 e. The molecule has 6 heteroatoms. The second-order valence-electron chi connectivity index (χ2n) is 4.35. The highest BCUT2D eigenvalue weighted by Crippen LogP contribution is 2.29. The molecule has 0 aliphatic rings. The molecule has 1 aromatic carbocycles. The lowest BCUT2D eigenvalue weighted by Crippen LogP contribution is -2.05. The number of aryl methyl sites for hydroxylation is 1. The van der Waals surface area contributed by atoms with Crippen LogP contribution in [0.5, 0.6) is 0 Å². The van der Waals surface area contributed by atoms with Gasteiger partial charge in [-0.15, -0.1) is 0 Å². The van der Waals surface area contributed by atoms with Gasteiger partial charge in [0.1, 0.15) is 5.78 Å². The maximum absolute atomic E-state index is 11.2. The molecule has 1 aromatic heterocycles. The largest absolute Gasteiger partial charge is 0.448 e. The third-order valence-electron chi connectivity index (χ3n) is 2.53. The summed E-state index contributed by atoms with van der Waals surface area (Å²) < 4.78 is 3.01. The van der Waals surface area contributed by atoms with E-state index in [9.17, 15) is 4.79 Å². The number of rotatable bonds is 2. The zero-order valence-corrected chi connectivity index (χ0v) is 12.8. The molecule has 0 atom stereocenters. The number of nitrogens with zero attached hydrogens (tertiary/aromatic N) is 1. The third kappa shape index (κ3) is 4.19. The second kappa shape index (κ2) is 6.89. The standard InChI is InChI=1S/C12H12BrNO.CH5BO2/c1-8(15)7-14-11-6-4-3-5-10(11)9(2)12(14)13;1-2(3)4/h3-6H,7H2,1-2H3;3-4H,1H3. The number of fused-ring (bicyclic) bond motifs is 1. The normalized spacial score (nSPS) is 10.0. The summed E-state index contributed by atoms with van der Waals surface area (Å²) in [5.74, 6) is 0.163. The molecule has 0 saturated heterocycles. The van der Waals surface area contributed by atoms with E-state index in [1.165, 1.54) is 17.8 Å². The highest BCUT2D eigenvalue weighted by atomic mass is 79.9. The molecule has 19 heavy (non-hydrogen) atoms. The van der Waals surface area contributed by atoms with Gasteiger partial charge in [-0.2, -0.15) is 0 Å². The van der Waals surface area contributed by atoms with Crippen molar-refractivity contribution in [2.24, 2.45) is 0 Å². The van der Waals surface area contributed by atoms with E-state index >= 15 is 0 Å². The minimum Gasteiger partial charge on any atom is -0.427 e. The van der Waals surface area contributed by atoms with E-state index in [2.05, 4.69) is 28.9 Å². The van der Waals surface area contributed by atoms with Crippen molar-refractivity contribution >= 4 is 39.7 Å². The van der Waals surface area contributed by atoms with Crippen molar-refractivity contribution < 1.29 is 14.8 Å². The molecular weight excluding hydrogens is 309 g/mol. The van der Waals surface area contributed by atoms with Crippen molar-refractivity contribution in [1.82, 2.24) is 4.57 Å². The van der Waals surface area contributed by atoms with Gasteiger partial charge in [0.05, 0.1) is 11.1 Å². The molecule has 4 nitrogen and oxygen atoms in total. The van der Waals surface area contributed by atoms with E-state index in [0.29, 0.717) is 6.54 Å². The Labute approximate surface area is 121 Å². The SMILES string of the molecule is CB(O)O.CC(=O)Cn1c(Br)c(C)c2ccccc21. The van der Waals surface area contributed by atoms with Crippen LogP contribution in [0.1, 0.15) is 12.5 Å². The van der Waals surface area contributed by atoms with E-state index in [-0.39, 0.29) is 5.78 Å². The van der Waals surface area contributed by atoms with E-state index in [1.807, 2.05) is 22.8 Å². The topological polar surface area (TPSA) is 62.5 Å². The van der Waals surface area contributed by atoms with Crippen molar-refractivity contribution in [2.45, 2.75) is 27.2 Å². The summed E-state index contributed by atoms with van der Waals surface area (Å²) in [6.45, 7) is 5.37. The van der Waals surface area contributed by atoms with Gasteiger partial charge in [-0.25, -0.2) is 0 Å². The highest BCUT2D eigenvalue weighted by Gasteiger charge is 2.11. The van der Waals surface area contributed by atoms with Crippen LogP contribution in [0.4, 0.5) is 0 Å². The Balaban J connectivity index is 0.000000399. The van der Waals surface area contributed by atoms with Gasteiger partial charge >= 0.3 is 7.12 Å². The van der Waals surface area contributed by atoms with Gasteiger partial charge < -0.3 is 14.6 Å². The minimum absolute atomic E-state index is 0.163. The number of Topliss-reactive ketones (excluding diaryl/α,β-unsaturated/α-hetero) is 1. The summed E-state index contributed by atoms with van der Waals surface area (Å²) in [5.41, 5.74) is 2.30. The summed E-state index contributed by atoms with van der Waals surface area (Å²) >= 11 is 3.53. The lowest BCUT2D eigenvalue weighted by Gasteiger charge is -2.03. The number of aromatic nitrogens is 1. The first-order chi connectivity index (χ1) is 8.84. The van der Waals surface area contributed by atoms with Crippen LogP contribution in [0.3, 0.4) is 0 Å². The molecule has 0 aliphatic heterocycles. The van der Waals surface area contributed by atoms with Gasteiger partial charge in [-0.1, -0.05) is 18.2 Å². The lowest BCUT2D eigenvalue weighted by molar-refractivity contribution is -0.117. The van der Waals surface area contributed by atoms with Crippen LogP contribution in [0.25, 0.3) is 10.9 Å². The molecule has 2 rings (SSSR count). The molecule has 2 N–H and O–H groups in total. The highest BCUT2D eigenvalue weighted by molar-refractivity contribution is 9.10. The predicted molar refractivity (Wildman–Crippen MR) is 81.1 cm³/mol. The molecule has 0 bridgehead atoms. The predicted octanol–water partition coefficient (Wildman–Crippen LogP) is 2.39. The molecule has 1 heterocycles. The number of hydrogen-bond acceptors (Lipinski definition) is 3. The van der Waals surface area contributed by atoms with Gasteiger partial charge in [0.2, 0.25) is 0 Å². The van der Waals surface area contributed by atoms with Crippen molar-refractivity contribution in [3.8, 4) is 0 Å². The van der Waals surface area contributed by atoms with Crippen molar-refractivity contribution in [3.63, 3.8) is 0 Å². The molecule has 0 saturated carbocycles. The van der Waals surface area contributed by atoms with Gasteiger partial charge in [0, 0.05) is 10.9 Å². The number of ketones is 1. The van der Waals surface area contributed by atoms with E-state index in [4.69, 9.17) is 10.0 Å². The quantitative estimate of drug-likeness (QED) is 0.833. The fourth-order valence-corrected chi connectivity index (χ4v) is 2.35. The number of halogens is 1. The zero-order chi connectivity index (χ0) is 14.6. The van der Waals surface area contributed by atoms with Crippen molar-refractivity contribution in [3.05, 3.63) is 34.4 Å². The first-order valence-electron chi connectivity index (χ1n) is 5.93. The average molecular weight is 326 g/mol. The summed E-state index contributed by atoms with van der Waals surface area (Å²) in [6.07, 6.45) is 0. The van der Waals surface area contributed by atoms with E-state index in [0.717, 1.165) is 10.1 Å². The molecule has 0 aliphatic carbocycles. The molecule has 0 radical (unpaired) electrons. The van der Waals surface area contributed by atoms with Gasteiger partial charge in [0.25, 0.3) is 0 Å². The Kier molecular flexibility index (Phi) is 5.78. The fraction of sp³-hybridized carbons (Fsp3) is 0.308. The molecule has 0 unspecified atom stereocenters. The average Bonchev–Trinajstić information content (AvgIpc) is 2.54. The Hall–Kier alpha value is -1.11. The molecule has 0 amide bonds. The van der Waals surface area contributed by atoms with Gasteiger partial charge in [0.15, 0.2) is 0 Å². The Morgan fingerprint density at radius 1 is 1.37 bits per heavy atom. The maximum atomic E-state index is 11.2. The number of para-hydroxylation sites is 1. The Bertz CT molecular complexity index is 578. The van der Waals surface area contributed by atoms with Crippen LogP contribution < -0.4 is 0 Å². The third-order valence-corrected chi connectivity index (χ3v) is 3.55. The summed E-state index contributed by atoms with van der Waals surface area (Å²) in [6, 6.07) is 8.12. The van der Waals surface area contributed by atoms with Crippen LogP contribution in [-0.2, 0) is 11.3 Å². The zero-order valence-electron chi connectivity index (χ0n) is 11.2. The monoisotopic (exact) mass is 325 g/mol. The Morgan fingerprint density at radius 3 is 2.42 bits per heavy atom. The van der Waals surface area contributed by atoms with Crippen molar-refractivity contribution in [1.29, 1.82) is 0 Å². The fourth-order valence-electron chi connectivity index (χ4n) is 1.82. The van der Waals surface area contributed by atoms with Gasteiger partial charge in [-0.05, 0) is 48.2 Å². The number of carbonyl (C=O) groups excluding carboxylic acids is 1.